The molecule has 3 aromatic carbocycles. The monoisotopic (exact) mass is 274 g/mol. The molecule has 0 aliphatic heterocycles. The maximum atomic E-state index is 8.89. The molecule has 0 atom stereocenters. The number of nitriles is 1. The molecule has 3 nitrogen and oxygen atoms in total. The van der Waals surface area contributed by atoms with Gasteiger partial charge in [0.25, 0.3) is 0 Å². The van der Waals surface area contributed by atoms with Crippen molar-refractivity contribution in [3.63, 3.8) is 0 Å². The lowest BCUT2D eigenvalue weighted by atomic mass is 9.96. The molecule has 0 bridgehead atoms. The molecule has 0 saturated carbocycles. The molecule has 0 saturated heterocycles. The van der Waals surface area contributed by atoms with Crippen molar-refractivity contribution in [2.75, 3.05) is 12.8 Å². The van der Waals surface area contributed by atoms with Gasteiger partial charge in [0.1, 0.15) is 5.75 Å². The molecule has 0 aliphatic carbocycles. The number of nitrogens with zero attached hydrogens (tertiary/aromatic N) is 1. The van der Waals surface area contributed by atoms with Crippen molar-refractivity contribution in [1.82, 2.24) is 0 Å². The number of hydrogen-bond donors (Lipinski definition) is 1. The highest BCUT2D eigenvalue weighted by atomic mass is 16.5. The zero-order chi connectivity index (χ0) is 14.8. The van der Waals surface area contributed by atoms with Crippen molar-refractivity contribution >= 4 is 16.5 Å². The molecule has 0 aromatic heterocycles. The zero-order valence-electron chi connectivity index (χ0n) is 11.6. The van der Waals surface area contributed by atoms with Gasteiger partial charge >= 0.3 is 0 Å². The van der Waals surface area contributed by atoms with Crippen molar-refractivity contribution in [3.05, 3.63) is 60.2 Å². The summed E-state index contributed by atoms with van der Waals surface area (Å²) in [5.41, 5.74) is 9.51. The largest absolute Gasteiger partial charge is 0.497 e. The first kappa shape index (κ1) is 13.0. The molecule has 0 spiro atoms. The van der Waals surface area contributed by atoms with Crippen LogP contribution in [-0.2, 0) is 0 Å². The number of fused-ring (bicyclic) bond motifs is 1. The van der Waals surface area contributed by atoms with Gasteiger partial charge in [-0.05, 0) is 52.7 Å². The van der Waals surface area contributed by atoms with Gasteiger partial charge in [-0.1, -0.05) is 18.2 Å². The van der Waals surface area contributed by atoms with Gasteiger partial charge in [0, 0.05) is 11.3 Å². The van der Waals surface area contributed by atoms with Gasteiger partial charge in [-0.2, -0.15) is 5.26 Å². The first-order chi connectivity index (χ1) is 10.2. The number of rotatable bonds is 2. The van der Waals surface area contributed by atoms with Gasteiger partial charge in [-0.3, -0.25) is 0 Å². The van der Waals surface area contributed by atoms with Crippen LogP contribution in [0.25, 0.3) is 21.9 Å². The van der Waals surface area contributed by atoms with Crippen molar-refractivity contribution in [3.8, 4) is 22.9 Å². The molecule has 0 aliphatic rings. The summed E-state index contributed by atoms with van der Waals surface area (Å²) >= 11 is 0. The smallest absolute Gasteiger partial charge is 0.119 e. The molecular weight excluding hydrogens is 260 g/mol. The molecule has 0 fully saturated rings. The highest BCUT2D eigenvalue weighted by Crippen LogP contribution is 2.35. The third-order valence-electron chi connectivity index (χ3n) is 3.56. The Morgan fingerprint density at radius 3 is 2.43 bits per heavy atom. The molecule has 0 heterocycles. The standard InChI is InChI=1S/C18H14N2O/c1-21-15-7-8-16-14(10-15)6-9-17(20)18(16)13-4-2-12(11-19)3-5-13/h2-10H,20H2,1H3. The van der Waals surface area contributed by atoms with E-state index in [-0.39, 0.29) is 0 Å². The summed E-state index contributed by atoms with van der Waals surface area (Å²) < 4.78 is 5.26. The summed E-state index contributed by atoms with van der Waals surface area (Å²) in [5.74, 6) is 0.818. The number of methoxy groups -OCH3 is 1. The van der Waals surface area contributed by atoms with Crippen LogP contribution in [0.3, 0.4) is 0 Å². The van der Waals surface area contributed by atoms with Crippen molar-refractivity contribution in [2.24, 2.45) is 0 Å². The number of hydrogen-bond acceptors (Lipinski definition) is 3. The van der Waals surface area contributed by atoms with Crippen LogP contribution in [-0.4, -0.2) is 7.11 Å². The Labute approximate surface area is 123 Å². The highest BCUT2D eigenvalue weighted by Gasteiger charge is 2.09. The number of ether oxygens (including phenoxy) is 1. The molecular formula is C18H14N2O. The Morgan fingerprint density at radius 1 is 1.00 bits per heavy atom. The molecule has 102 valence electrons. The van der Waals surface area contributed by atoms with Crippen LogP contribution >= 0.6 is 0 Å². The minimum Gasteiger partial charge on any atom is -0.497 e. The predicted molar refractivity (Wildman–Crippen MR) is 85.1 cm³/mol. The van der Waals surface area contributed by atoms with Crippen LogP contribution in [0.15, 0.2) is 54.6 Å². The third kappa shape index (κ3) is 2.28. The highest BCUT2D eigenvalue weighted by molar-refractivity contribution is 6.02. The van der Waals surface area contributed by atoms with Crippen molar-refractivity contribution < 1.29 is 4.74 Å². The molecule has 3 rings (SSSR count). The van der Waals surface area contributed by atoms with Gasteiger partial charge in [0.2, 0.25) is 0 Å². The average molecular weight is 274 g/mol. The van der Waals surface area contributed by atoms with Gasteiger partial charge in [0.05, 0.1) is 18.7 Å². The summed E-state index contributed by atoms with van der Waals surface area (Å²) in [6.07, 6.45) is 0. The van der Waals surface area contributed by atoms with E-state index in [9.17, 15) is 0 Å². The summed E-state index contributed by atoms with van der Waals surface area (Å²) in [7, 11) is 1.65. The molecule has 0 amide bonds. The maximum absolute atomic E-state index is 8.89. The first-order valence-electron chi connectivity index (χ1n) is 6.59. The normalized spacial score (nSPS) is 10.3. The maximum Gasteiger partial charge on any atom is 0.119 e. The zero-order valence-corrected chi connectivity index (χ0v) is 11.6. The summed E-state index contributed by atoms with van der Waals surface area (Å²) in [5, 5.41) is 11.0. The second kappa shape index (κ2) is 5.18. The molecule has 3 aromatic rings. The van der Waals surface area contributed by atoms with Crippen LogP contribution in [0, 0.1) is 11.3 Å². The Bertz CT molecular complexity index is 845. The van der Waals surface area contributed by atoms with E-state index in [0.717, 1.165) is 33.3 Å². The Morgan fingerprint density at radius 2 is 1.76 bits per heavy atom. The van der Waals surface area contributed by atoms with Gasteiger partial charge in [-0.25, -0.2) is 0 Å². The first-order valence-corrected chi connectivity index (χ1v) is 6.59. The lowest BCUT2D eigenvalue weighted by Crippen LogP contribution is -1.92. The Hall–Kier alpha value is -2.99. The molecule has 2 N–H and O–H groups in total. The summed E-state index contributed by atoms with van der Waals surface area (Å²) in [6, 6.07) is 19.4. The third-order valence-corrected chi connectivity index (χ3v) is 3.56. The second-order valence-electron chi connectivity index (χ2n) is 4.81. The quantitative estimate of drug-likeness (QED) is 0.719. The van der Waals surface area contributed by atoms with E-state index in [1.807, 2.05) is 42.5 Å². The van der Waals surface area contributed by atoms with Crippen LogP contribution in [0.4, 0.5) is 5.69 Å². The molecule has 0 radical (unpaired) electrons. The SMILES string of the molecule is COc1ccc2c(-c3ccc(C#N)cc3)c(N)ccc2c1. The number of nitrogens with two attached hydrogens (primary N) is 1. The number of anilines is 1. The van der Waals surface area contributed by atoms with E-state index in [0.29, 0.717) is 5.56 Å². The Kier molecular flexibility index (Phi) is 3.21. The van der Waals surface area contributed by atoms with E-state index >= 15 is 0 Å². The van der Waals surface area contributed by atoms with E-state index < -0.39 is 0 Å². The van der Waals surface area contributed by atoms with E-state index in [2.05, 4.69) is 6.07 Å². The fraction of sp³-hybridized carbons (Fsp3) is 0.0556. The summed E-state index contributed by atoms with van der Waals surface area (Å²) in [4.78, 5) is 0. The fourth-order valence-corrected chi connectivity index (χ4v) is 2.49. The van der Waals surface area contributed by atoms with Gasteiger partial charge in [0.15, 0.2) is 0 Å². The topological polar surface area (TPSA) is 59.0 Å². The van der Waals surface area contributed by atoms with E-state index in [1.54, 1.807) is 19.2 Å². The lowest BCUT2D eigenvalue weighted by Gasteiger charge is -2.11. The van der Waals surface area contributed by atoms with Gasteiger partial charge in [-0.15, -0.1) is 0 Å². The lowest BCUT2D eigenvalue weighted by molar-refractivity contribution is 0.415. The summed E-state index contributed by atoms with van der Waals surface area (Å²) in [6.45, 7) is 0. The van der Waals surface area contributed by atoms with Crippen LogP contribution < -0.4 is 10.5 Å². The molecule has 21 heavy (non-hydrogen) atoms. The van der Waals surface area contributed by atoms with Crippen molar-refractivity contribution in [2.45, 2.75) is 0 Å². The molecule has 0 unspecified atom stereocenters. The van der Waals surface area contributed by atoms with Crippen molar-refractivity contribution in [1.29, 1.82) is 5.26 Å². The van der Waals surface area contributed by atoms with E-state index in [4.69, 9.17) is 15.7 Å². The number of nitrogen functional groups attached to an aromatic ring is 1. The Balaban J connectivity index is 2.25. The predicted octanol–water partition coefficient (Wildman–Crippen LogP) is 3.97. The average Bonchev–Trinajstić information content (AvgIpc) is 2.54. The van der Waals surface area contributed by atoms with Crippen LogP contribution in [0.5, 0.6) is 5.75 Å². The van der Waals surface area contributed by atoms with Crippen LogP contribution in [0.2, 0.25) is 0 Å². The number of benzene rings is 3. The minimum atomic E-state index is 0.638. The second-order valence-corrected chi connectivity index (χ2v) is 4.81. The van der Waals surface area contributed by atoms with Gasteiger partial charge < -0.3 is 10.5 Å². The van der Waals surface area contributed by atoms with Crippen LogP contribution in [0.1, 0.15) is 5.56 Å². The molecule has 3 heteroatoms. The fourth-order valence-electron chi connectivity index (χ4n) is 2.49. The van der Waals surface area contributed by atoms with E-state index in [1.165, 1.54) is 0 Å². The minimum absolute atomic E-state index is 0.638.